The van der Waals surface area contributed by atoms with Crippen LogP contribution in [0, 0.1) is 5.92 Å². The van der Waals surface area contributed by atoms with Crippen molar-refractivity contribution < 1.29 is 14.4 Å². The van der Waals surface area contributed by atoms with Gasteiger partial charge in [-0.15, -0.1) is 5.12 Å². The van der Waals surface area contributed by atoms with E-state index in [2.05, 4.69) is 9.59 Å². The van der Waals surface area contributed by atoms with E-state index in [4.69, 9.17) is 5.84 Å². The van der Waals surface area contributed by atoms with Crippen molar-refractivity contribution in [1.82, 2.24) is 10.0 Å². The summed E-state index contributed by atoms with van der Waals surface area (Å²) in [6.45, 7) is 3.63. The highest BCUT2D eigenvalue weighted by atomic mass is 31.1. The predicted octanol–water partition coefficient (Wildman–Crippen LogP) is -0.639. The van der Waals surface area contributed by atoms with E-state index in [9.17, 15) is 9.69 Å². The van der Waals surface area contributed by atoms with Crippen molar-refractivity contribution in [2.45, 2.75) is 19.9 Å². The van der Waals surface area contributed by atoms with Gasteiger partial charge >= 0.3 is 14.1 Å². The molecule has 3 unspecified atom stereocenters. The summed E-state index contributed by atoms with van der Waals surface area (Å²) in [6.07, 6.45) is 0. The number of esters is 1. The number of hydrogen-bond donors (Lipinski definition) is 1. The fourth-order valence-corrected chi connectivity index (χ4v) is 1.68. The number of carbonyl (C=O) groups is 1. The molecular weight excluding hydrogens is 207 g/mol. The normalized spacial score (nSPS) is 24.8. The topological polar surface area (TPSA) is 94.0 Å². The molecule has 0 aliphatic carbocycles. The lowest BCUT2D eigenvalue weighted by molar-refractivity contribution is -0.168. The summed E-state index contributed by atoms with van der Waals surface area (Å²) >= 11 is 0. The first-order valence-electron chi connectivity index (χ1n) is 4.09. The second-order valence-corrected chi connectivity index (χ2v) is 4.24. The Morgan fingerprint density at radius 1 is 1.71 bits per heavy atom. The van der Waals surface area contributed by atoms with Crippen LogP contribution in [0.15, 0.2) is 4.85 Å². The second kappa shape index (κ2) is 4.29. The van der Waals surface area contributed by atoms with Crippen molar-refractivity contribution >= 4 is 14.1 Å². The minimum atomic E-state index is -1.76. The summed E-state index contributed by atoms with van der Waals surface area (Å²) in [6, 6.07) is -0.662. The number of rotatable bonds is 4. The number of hydrogen-bond acceptors (Lipinski definition) is 7. The van der Waals surface area contributed by atoms with Crippen LogP contribution in [-0.2, 0) is 9.53 Å². The van der Waals surface area contributed by atoms with Crippen molar-refractivity contribution in [2.75, 3.05) is 7.11 Å². The second-order valence-electron chi connectivity index (χ2n) is 3.20. The molecule has 80 valence electrons. The zero-order valence-corrected chi connectivity index (χ0v) is 9.14. The first-order chi connectivity index (χ1) is 6.49. The van der Waals surface area contributed by atoms with Crippen LogP contribution in [0.4, 0.5) is 0 Å². The van der Waals surface area contributed by atoms with Gasteiger partial charge in [-0.1, -0.05) is 13.8 Å². The van der Waals surface area contributed by atoms with E-state index in [0.717, 1.165) is 10.0 Å². The molecular formula is C6H13N4O3P. The van der Waals surface area contributed by atoms with E-state index in [1.165, 1.54) is 7.11 Å². The quantitative estimate of drug-likeness (QED) is 0.293. The van der Waals surface area contributed by atoms with E-state index in [1.54, 1.807) is 0 Å². The van der Waals surface area contributed by atoms with Crippen LogP contribution in [0.1, 0.15) is 13.8 Å². The first kappa shape index (κ1) is 11.5. The molecule has 7 nitrogen and oxygen atoms in total. The highest BCUT2D eigenvalue weighted by Gasteiger charge is 2.45. The summed E-state index contributed by atoms with van der Waals surface area (Å²) in [4.78, 5) is 26.7. The SMILES string of the molecule is COC(=O)C(C(C)C)N(N)N1N=[P+]1[O-]. The number of hydrazine groups is 2. The van der Waals surface area contributed by atoms with Gasteiger partial charge in [0.2, 0.25) is 0 Å². The highest BCUT2D eigenvalue weighted by molar-refractivity contribution is 7.41. The molecule has 0 aromatic carbocycles. The summed E-state index contributed by atoms with van der Waals surface area (Å²) < 4.78 is 4.58. The molecule has 3 atom stereocenters. The minimum Gasteiger partial charge on any atom is -0.591 e. The average Bonchev–Trinajstić information content (AvgIpc) is 2.81. The Bertz CT molecular complexity index is 270. The van der Waals surface area contributed by atoms with Crippen LogP contribution >= 0.6 is 8.09 Å². The molecule has 8 heteroatoms. The third-order valence-electron chi connectivity index (χ3n) is 1.84. The molecule has 0 amide bonds. The predicted molar refractivity (Wildman–Crippen MR) is 47.9 cm³/mol. The summed E-state index contributed by atoms with van der Waals surface area (Å²) in [5.74, 6) is 5.06. The summed E-state index contributed by atoms with van der Waals surface area (Å²) in [5, 5.41) is 1.05. The van der Waals surface area contributed by atoms with Crippen LogP contribution in [0.2, 0.25) is 0 Å². The lowest BCUT2D eigenvalue weighted by atomic mass is 10.1. The van der Waals surface area contributed by atoms with Gasteiger partial charge in [-0.2, -0.15) is 0 Å². The molecule has 0 aromatic rings. The van der Waals surface area contributed by atoms with E-state index in [0.29, 0.717) is 0 Å². The van der Waals surface area contributed by atoms with Gasteiger partial charge < -0.3 is 9.63 Å². The Labute approximate surface area is 82.9 Å². The van der Waals surface area contributed by atoms with Crippen LogP contribution in [0.5, 0.6) is 0 Å². The van der Waals surface area contributed by atoms with Crippen LogP contribution in [0.25, 0.3) is 0 Å². The number of methoxy groups -OCH3 is 1. The molecule has 1 aliphatic heterocycles. The average molecular weight is 220 g/mol. The zero-order chi connectivity index (χ0) is 10.9. The molecule has 1 heterocycles. The number of nitrogens with zero attached hydrogens (tertiary/aromatic N) is 3. The van der Waals surface area contributed by atoms with Crippen molar-refractivity contribution in [2.24, 2.45) is 16.6 Å². The van der Waals surface area contributed by atoms with E-state index < -0.39 is 20.1 Å². The summed E-state index contributed by atoms with van der Waals surface area (Å²) in [7, 11) is -0.476. The van der Waals surface area contributed by atoms with Crippen LogP contribution < -0.4 is 10.7 Å². The maximum Gasteiger partial charge on any atom is 0.335 e. The Kier molecular flexibility index (Phi) is 3.52. The largest absolute Gasteiger partial charge is 0.591 e. The Hall–Kier alpha value is -0.590. The van der Waals surface area contributed by atoms with Crippen molar-refractivity contribution in [3.8, 4) is 0 Å². The van der Waals surface area contributed by atoms with Gasteiger partial charge in [0.15, 0.2) is 0 Å². The molecule has 0 bridgehead atoms. The molecule has 0 fully saturated rings. The Balaban J connectivity index is 2.63. The maximum atomic E-state index is 11.3. The fourth-order valence-electron chi connectivity index (χ4n) is 1.10. The van der Waals surface area contributed by atoms with Crippen LogP contribution in [0.3, 0.4) is 0 Å². The third kappa shape index (κ3) is 2.26. The van der Waals surface area contributed by atoms with Gasteiger partial charge in [-0.25, -0.2) is 5.84 Å². The zero-order valence-electron chi connectivity index (χ0n) is 8.25. The third-order valence-corrected chi connectivity index (χ3v) is 2.61. The molecule has 1 rings (SSSR count). The fraction of sp³-hybridized carbons (Fsp3) is 0.833. The summed E-state index contributed by atoms with van der Waals surface area (Å²) in [5.41, 5.74) is 0. The highest BCUT2D eigenvalue weighted by Crippen LogP contribution is 2.40. The minimum absolute atomic E-state index is 0.0494. The number of carbonyl (C=O) groups excluding carboxylic acids is 1. The van der Waals surface area contributed by atoms with Gasteiger partial charge in [0.1, 0.15) is 10.9 Å². The maximum absolute atomic E-state index is 11.3. The van der Waals surface area contributed by atoms with Crippen molar-refractivity contribution in [3.63, 3.8) is 0 Å². The molecule has 0 radical (unpaired) electrons. The van der Waals surface area contributed by atoms with Gasteiger partial charge in [-0.05, 0) is 5.92 Å². The molecule has 0 saturated heterocycles. The van der Waals surface area contributed by atoms with Crippen molar-refractivity contribution in [3.05, 3.63) is 0 Å². The molecule has 14 heavy (non-hydrogen) atoms. The Morgan fingerprint density at radius 3 is 2.50 bits per heavy atom. The van der Waals surface area contributed by atoms with Gasteiger partial charge in [0, 0.05) is 0 Å². The molecule has 0 spiro atoms. The van der Waals surface area contributed by atoms with Gasteiger partial charge in [0.05, 0.1) is 12.0 Å². The molecule has 0 saturated carbocycles. The van der Waals surface area contributed by atoms with E-state index in [-0.39, 0.29) is 5.92 Å². The van der Waals surface area contributed by atoms with Crippen molar-refractivity contribution in [1.29, 1.82) is 0 Å². The number of nitrogens with two attached hydrogens (primary N) is 1. The Morgan fingerprint density at radius 2 is 2.21 bits per heavy atom. The smallest absolute Gasteiger partial charge is 0.335 e. The lowest BCUT2D eigenvalue weighted by Crippen LogP contribution is -2.52. The lowest BCUT2D eigenvalue weighted by Gasteiger charge is -2.23. The molecule has 0 aromatic heterocycles. The number of ether oxygens (including phenoxy) is 1. The first-order valence-corrected chi connectivity index (χ1v) is 5.26. The van der Waals surface area contributed by atoms with Gasteiger partial charge in [0.25, 0.3) is 0 Å². The van der Waals surface area contributed by atoms with Gasteiger partial charge in [-0.3, -0.25) is 4.79 Å². The molecule has 1 aliphatic rings. The monoisotopic (exact) mass is 220 g/mol. The standard InChI is InChI=1S/C6H13N4O3P/c1-4(2)5(6(11)13-3)9(7)10-8-14(10)12/h4-5H,7H2,1-3H3. The molecule has 2 N–H and O–H groups in total. The van der Waals surface area contributed by atoms with E-state index in [1.807, 2.05) is 13.8 Å². The van der Waals surface area contributed by atoms with Crippen LogP contribution in [-0.4, -0.2) is 29.1 Å². The van der Waals surface area contributed by atoms with E-state index >= 15 is 0 Å².